The van der Waals surface area contributed by atoms with Crippen molar-refractivity contribution in [1.29, 1.82) is 5.41 Å². The molecule has 1 amide bonds. The number of nitrogens with zero attached hydrogens (tertiary/aromatic N) is 3. The largest absolute Gasteiger partial charge is 0.490 e. The van der Waals surface area contributed by atoms with Crippen LogP contribution >= 0.6 is 35.0 Å². The molecule has 4 rings (SSSR count). The van der Waals surface area contributed by atoms with Gasteiger partial charge in [-0.2, -0.15) is 15.1 Å². The summed E-state index contributed by atoms with van der Waals surface area (Å²) >= 11 is 13.8. The van der Waals surface area contributed by atoms with Gasteiger partial charge >= 0.3 is 0 Å². The zero-order chi connectivity index (χ0) is 24.2. The SMILES string of the molecule is CCOc1cc(C=C2C(=N)N3N=C(C)SC3=NC2=O)cc(Cl)c1OCCOc1ccccc1Cl. The lowest BCUT2D eigenvalue weighted by atomic mass is 10.1. The summed E-state index contributed by atoms with van der Waals surface area (Å²) in [5.74, 6) is 0.761. The number of aliphatic imine (C=N–C) groups is 1. The number of carbonyl (C=O) groups is 1. The van der Waals surface area contributed by atoms with E-state index in [9.17, 15) is 4.79 Å². The average molecular weight is 519 g/mol. The number of rotatable bonds is 8. The van der Waals surface area contributed by atoms with E-state index in [0.717, 1.165) is 0 Å². The molecule has 0 aliphatic carbocycles. The van der Waals surface area contributed by atoms with Crippen LogP contribution in [0.5, 0.6) is 17.2 Å². The number of hydrogen-bond donors (Lipinski definition) is 1. The molecule has 0 bridgehead atoms. The van der Waals surface area contributed by atoms with Crippen LogP contribution in [-0.2, 0) is 4.79 Å². The normalized spacial score (nSPS) is 16.4. The number of nitrogens with one attached hydrogen (secondary N) is 1. The zero-order valence-corrected chi connectivity index (χ0v) is 20.6. The van der Waals surface area contributed by atoms with E-state index in [1.165, 1.54) is 22.8 Å². The molecule has 0 saturated carbocycles. The molecule has 2 aliphatic rings. The monoisotopic (exact) mass is 518 g/mol. The van der Waals surface area contributed by atoms with Crippen LogP contribution in [0, 0.1) is 5.41 Å². The minimum absolute atomic E-state index is 0.0505. The van der Waals surface area contributed by atoms with Crippen molar-refractivity contribution in [3.8, 4) is 17.2 Å². The van der Waals surface area contributed by atoms with Crippen molar-refractivity contribution in [1.82, 2.24) is 5.01 Å². The Morgan fingerprint density at radius 3 is 2.62 bits per heavy atom. The molecule has 0 saturated heterocycles. The molecule has 176 valence electrons. The molecule has 11 heteroatoms. The molecule has 8 nitrogen and oxygen atoms in total. The highest BCUT2D eigenvalue weighted by molar-refractivity contribution is 8.26. The Kier molecular flexibility index (Phi) is 7.45. The van der Waals surface area contributed by atoms with E-state index in [-0.39, 0.29) is 24.6 Å². The lowest BCUT2D eigenvalue weighted by Crippen LogP contribution is -2.35. The van der Waals surface area contributed by atoms with E-state index in [4.69, 9.17) is 42.8 Å². The van der Waals surface area contributed by atoms with E-state index in [2.05, 4.69) is 10.1 Å². The summed E-state index contributed by atoms with van der Waals surface area (Å²) in [7, 11) is 0. The van der Waals surface area contributed by atoms with Crippen molar-refractivity contribution in [2.45, 2.75) is 13.8 Å². The molecule has 34 heavy (non-hydrogen) atoms. The first-order valence-electron chi connectivity index (χ1n) is 10.3. The van der Waals surface area contributed by atoms with Gasteiger partial charge in [0.1, 0.15) is 19.0 Å². The summed E-state index contributed by atoms with van der Waals surface area (Å²) in [5, 5.41) is 15.9. The fraction of sp³-hybridized carbons (Fsp3) is 0.217. The third-order valence-electron chi connectivity index (χ3n) is 4.62. The maximum absolute atomic E-state index is 12.5. The van der Waals surface area contributed by atoms with Gasteiger partial charge in [-0.3, -0.25) is 10.2 Å². The number of para-hydroxylation sites is 1. The molecule has 2 aromatic rings. The second-order valence-corrected chi connectivity index (χ2v) is 9.00. The van der Waals surface area contributed by atoms with Gasteiger partial charge in [-0.25, -0.2) is 0 Å². The fourth-order valence-electron chi connectivity index (χ4n) is 3.19. The number of hydrazone groups is 1. The Morgan fingerprint density at radius 2 is 1.85 bits per heavy atom. The van der Waals surface area contributed by atoms with E-state index in [0.29, 0.717) is 49.7 Å². The van der Waals surface area contributed by atoms with Crippen molar-refractivity contribution in [3.05, 3.63) is 57.6 Å². The van der Waals surface area contributed by atoms with Crippen LogP contribution < -0.4 is 14.2 Å². The first-order valence-corrected chi connectivity index (χ1v) is 11.9. The maximum atomic E-state index is 12.5. The molecule has 0 radical (unpaired) electrons. The molecule has 2 aromatic carbocycles. The topological polar surface area (TPSA) is 96.6 Å². The third kappa shape index (κ3) is 5.22. The molecular weight excluding hydrogens is 499 g/mol. The maximum Gasteiger partial charge on any atom is 0.283 e. The number of benzene rings is 2. The molecule has 2 aliphatic heterocycles. The number of amides is 1. The van der Waals surface area contributed by atoms with E-state index < -0.39 is 5.91 Å². The smallest absolute Gasteiger partial charge is 0.283 e. The van der Waals surface area contributed by atoms with Gasteiger partial charge in [0.05, 0.1) is 27.3 Å². The molecule has 2 heterocycles. The van der Waals surface area contributed by atoms with Gasteiger partial charge < -0.3 is 14.2 Å². The average Bonchev–Trinajstić information content (AvgIpc) is 3.17. The van der Waals surface area contributed by atoms with Gasteiger partial charge in [0.15, 0.2) is 17.3 Å². The lowest BCUT2D eigenvalue weighted by molar-refractivity contribution is -0.114. The van der Waals surface area contributed by atoms with Crippen LogP contribution in [0.15, 0.2) is 52.1 Å². The summed E-state index contributed by atoms with van der Waals surface area (Å²) in [4.78, 5) is 16.6. The third-order valence-corrected chi connectivity index (χ3v) is 6.04. The van der Waals surface area contributed by atoms with Crippen molar-refractivity contribution in [2.75, 3.05) is 19.8 Å². The van der Waals surface area contributed by atoms with E-state index in [1.807, 2.05) is 19.1 Å². The predicted molar refractivity (Wildman–Crippen MR) is 136 cm³/mol. The number of thioether (sulfide) groups is 1. The summed E-state index contributed by atoms with van der Waals surface area (Å²) in [5.41, 5.74) is 0.663. The van der Waals surface area contributed by atoms with Crippen molar-refractivity contribution in [3.63, 3.8) is 0 Å². The van der Waals surface area contributed by atoms with Crippen LogP contribution in [0.1, 0.15) is 19.4 Å². The molecule has 1 N–H and O–H groups in total. The fourth-order valence-corrected chi connectivity index (χ4v) is 4.38. The molecule has 0 unspecified atom stereocenters. The van der Waals surface area contributed by atoms with E-state index >= 15 is 0 Å². The number of ether oxygens (including phenoxy) is 3. The molecule has 0 fully saturated rings. The van der Waals surface area contributed by atoms with Gasteiger partial charge in [-0.15, -0.1) is 0 Å². The number of fused-ring (bicyclic) bond motifs is 1. The number of carbonyl (C=O) groups excluding carboxylic acids is 1. The van der Waals surface area contributed by atoms with Gasteiger partial charge in [0.2, 0.25) is 5.17 Å². The highest BCUT2D eigenvalue weighted by atomic mass is 35.5. The van der Waals surface area contributed by atoms with Gasteiger partial charge in [-0.1, -0.05) is 35.3 Å². The van der Waals surface area contributed by atoms with Crippen LogP contribution in [0.2, 0.25) is 10.0 Å². The Bertz CT molecular complexity index is 1250. The first kappa shape index (κ1) is 24.1. The van der Waals surface area contributed by atoms with Crippen molar-refractivity contribution >= 4 is 63.0 Å². The Labute approximate surface area is 210 Å². The summed E-state index contributed by atoms with van der Waals surface area (Å²) in [6.07, 6.45) is 1.54. The summed E-state index contributed by atoms with van der Waals surface area (Å²) in [6, 6.07) is 10.5. The van der Waals surface area contributed by atoms with Crippen molar-refractivity contribution in [2.24, 2.45) is 10.1 Å². The van der Waals surface area contributed by atoms with Crippen LogP contribution in [0.3, 0.4) is 0 Å². The highest BCUT2D eigenvalue weighted by Gasteiger charge is 2.34. The molecular formula is C23H20Cl2N4O4S. The quantitative estimate of drug-likeness (QED) is 0.366. The standard InChI is InChI=1S/C23H20Cl2N4O4S/c1-3-31-19-12-14(10-15-21(26)29-23(27-22(15)30)34-13(2)28-29)11-17(25)20(19)33-9-8-32-18-7-5-4-6-16(18)24/h4-7,10-12,26H,3,8-9H2,1-2H3. The predicted octanol–water partition coefficient (Wildman–Crippen LogP) is 5.49. The Balaban J connectivity index is 1.52. The number of halogens is 2. The second-order valence-electron chi connectivity index (χ2n) is 7.03. The minimum Gasteiger partial charge on any atom is -0.490 e. The highest BCUT2D eigenvalue weighted by Crippen LogP contribution is 2.38. The van der Waals surface area contributed by atoms with Crippen molar-refractivity contribution < 1.29 is 19.0 Å². The first-order chi connectivity index (χ1) is 16.4. The minimum atomic E-state index is -0.514. The van der Waals surface area contributed by atoms with Crippen LogP contribution in [0.4, 0.5) is 0 Å². The summed E-state index contributed by atoms with van der Waals surface area (Å²) < 4.78 is 17.2. The summed E-state index contributed by atoms with van der Waals surface area (Å²) in [6.45, 7) is 4.46. The molecule has 0 spiro atoms. The molecule has 0 atom stereocenters. The van der Waals surface area contributed by atoms with Crippen LogP contribution in [-0.4, -0.2) is 46.8 Å². The Hall–Kier alpha value is -3.01. The number of hydrogen-bond acceptors (Lipinski definition) is 7. The molecule has 0 aromatic heterocycles. The van der Waals surface area contributed by atoms with Gasteiger partial charge in [0, 0.05) is 0 Å². The van der Waals surface area contributed by atoms with E-state index in [1.54, 1.807) is 31.2 Å². The zero-order valence-electron chi connectivity index (χ0n) is 18.3. The Morgan fingerprint density at radius 1 is 1.09 bits per heavy atom. The number of amidine groups is 2. The van der Waals surface area contributed by atoms with Gasteiger partial charge in [-0.05, 0) is 61.5 Å². The van der Waals surface area contributed by atoms with Crippen LogP contribution in [0.25, 0.3) is 6.08 Å². The second kappa shape index (κ2) is 10.5. The van der Waals surface area contributed by atoms with Gasteiger partial charge in [0.25, 0.3) is 5.91 Å². The lowest BCUT2D eigenvalue weighted by Gasteiger charge is -2.20.